The third-order valence-corrected chi connectivity index (χ3v) is 3.44. The van der Waals surface area contributed by atoms with Gasteiger partial charge in [0.25, 0.3) is 0 Å². The number of rotatable bonds is 7. The third kappa shape index (κ3) is 4.82. The minimum Gasteiger partial charge on any atom is -0.480 e. The number of alkyl carbamates (subject to hydrolysis) is 1. The fraction of sp³-hybridized carbons (Fsp3) is 0.222. The molecule has 6 heteroatoms. The summed E-state index contributed by atoms with van der Waals surface area (Å²) in [4.78, 5) is 23.5. The lowest BCUT2D eigenvalue weighted by Gasteiger charge is -2.23. The van der Waals surface area contributed by atoms with Gasteiger partial charge in [-0.2, -0.15) is 0 Å². The number of hydrogen-bond acceptors (Lipinski definition) is 4. The maximum absolute atomic E-state index is 11.9. The topological polar surface area (TPSA) is 84.9 Å². The average Bonchev–Trinajstić information content (AvgIpc) is 2.61. The first-order chi connectivity index (χ1) is 11.6. The molecule has 2 aromatic rings. The van der Waals surface area contributed by atoms with Crippen LogP contribution in [-0.4, -0.2) is 30.3 Å². The standard InChI is InChI=1S/C18H19NO5/c1-23-16(14-10-6-3-7-11-14)15(17(20)21)19-18(22)24-12-13-8-4-2-5-9-13/h2-11,15-16H,12H2,1H3,(H,19,22)(H,20,21)/t15-,16?/m0/s1. The zero-order chi connectivity index (χ0) is 17.4. The van der Waals surface area contributed by atoms with E-state index < -0.39 is 24.2 Å². The summed E-state index contributed by atoms with van der Waals surface area (Å²) < 4.78 is 10.3. The summed E-state index contributed by atoms with van der Waals surface area (Å²) in [5.41, 5.74) is 1.46. The quantitative estimate of drug-likeness (QED) is 0.816. The van der Waals surface area contributed by atoms with E-state index >= 15 is 0 Å². The van der Waals surface area contributed by atoms with Gasteiger partial charge in [0, 0.05) is 7.11 Å². The minimum atomic E-state index is -1.26. The van der Waals surface area contributed by atoms with Crippen LogP contribution in [0.2, 0.25) is 0 Å². The molecule has 0 spiro atoms. The molecule has 2 atom stereocenters. The molecule has 0 bridgehead atoms. The molecule has 0 saturated heterocycles. The van der Waals surface area contributed by atoms with Crippen LogP contribution in [0, 0.1) is 0 Å². The fourth-order valence-corrected chi connectivity index (χ4v) is 2.27. The number of ether oxygens (including phenoxy) is 2. The zero-order valence-corrected chi connectivity index (χ0v) is 13.2. The van der Waals surface area contributed by atoms with Gasteiger partial charge >= 0.3 is 12.1 Å². The molecule has 1 amide bonds. The highest BCUT2D eigenvalue weighted by Crippen LogP contribution is 2.21. The smallest absolute Gasteiger partial charge is 0.408 e. The van der Waals surface area contributed by atoms with Gasteiger partial charge in [0.15, 0.2) is 6.04 Å². The number of carbonyl (C=O) groups excluding carboxylic acids is 1. The summed E-state index contributed by atoms with van der Waals surface area (Å²) in [6.45, 7) is 0.0575. The maximum atomic E-state index is 11.9. The van der Waals surface area contributed by atoms with Crippen molar-refractivity contribution >= 4 is 12.1 Å². The second-order valence-electron chi connectivity index (χ2n) is 5.09. The molecule has 2 aromatic carbocycles. The van der Waals surface area contributed by atoms with Gasteiger partial charge in [-0.15, -0.1) is 0 Å². The molecule has 0 fully saturated rings. The Labute approximate surface area is 140 Å². The summed E-state index contributed by atoms with van der Waals surface area (Å²) in [6.07, 6.45) is -1.64. The Balaban J connectivity index is 2.02. The van der Waals surface area contributed by atoms with Crippen LogP contribution in [0.4, 0.5) is 4.79 Å². The van der Waals surface area contributed by atoms with E-state index in [1.807, 2.05) is 36.4 Å². The van der Waals surface area contributed by atoms with E-state index in [9.17, 15) is 14.7 Å². The number of benzene rings is 2. The van der Waals surface area contributed by atoms with Gasteiger partial charge < -0.3 is 19.9 Å². The van der Waals surface area contributed by atoms with Crippen molar-refractivity contribution in [3.05, 3.63) is 71.8 Å². The summed E-state index contributed by atoms with van der Waals surface area (Å²) in [7, 11) is 1.39. The highest BCUT2D eigenvalue weighted by molar-refractivity contribution is 5.80. The number of hydrogen-bond donors (Lipinski definition) is 2. The lowest BCUT2D eigenvalue weighted by Crippen LogP contribution is -2.45. The van der Waals surface area contributed by atoms with Crippen LogP contribution in [-0.2, 0) is 20.9 Å². The molecule has 0 aliphatic rings. The lowest BCUT2D eigenvalue weighted by molar-refractivity contribution is -0.143. The Bertz CT molecular complexity index is 660. The van der Waals surface area contributed by atoms with Crippen molar-refractivity contribution < 1.29 is 24.2 Å². The van der Waals surface area contributed by atoms with Gasteiger partial charge in [-0.3, -0.25) is 0 Å². The van der Waals surface area contributed by atoms with Crippen LogP contribution in [0.5, 0.6) is 0 Å². The second kappa shape index (κ2) is 8.69. The number of methoxy groups -OCH3 is 1. The minimum absolute atomic E-state index is 0.0575. The molecule has 24 heavy (non-hydrogen) atoms. The molecule has 0 heterocycles. The molecule has 0 aliphatic heterocycles. The molecule has 6 nitrogen and oxygen atoms in total. The lowest BCUT2D eigenvalue weighted by atomic mass is 10.0. The van der Waals surface area contributed by atoms with Crippen molar-refractivity contribution in [2.45, 2.75) is 18.8 Å². The summed E-state index contributed by atoms with van der Waals surface area (Å²) in [5.74, 6) is -1.21. The van der Waals surface area contributed by atoms with E-state index in [0.717, 1.165) is 5.56 Å². The number of carboxylic acids is 1. The average molecular weight is 329 g/mol. The molecule has 0 aliphatic carbocycles. The molecule has 2 rings (SSSR count). The van der Waals surface area contributed by atoms with Crippen LogP contribution in [0.15, 0.2) is 60.7 Å². The highest BCUT2D eigenvalue weighted by Gasteiger charge is 2.31. The van der Waals surface area contributed by atoms with Crippen molar-refractivity contribution in [2.75, 3.05) is 7.11 Å². The molecular weight excluding hydrogens is 310 g/mol. The zero-order valence-electron chi connectivity index (χ0n) is 13.2. The number of carbonyl (C=O) groups is 2. The van der Waals surface area contributed by atoms with Gasteiger partial charge in [0.05, 0.1) is 0 Å². The summed E-state index contributed by atoms with van der Waals surface area (Å²) in [5, 5.41) is 11.8. The van der Waals surface area contributed by atoms with Crippen molar-refractivity contribution in [2.24, 2.45) is 0 Å². The van der Waals surface area contributed by atoms with Crippen molar-refractivity contribution in [1.29, 1.82) is 0 Å². The van der Waals surface area contributed by atoms with Crippen molar-refractivity contribution in [1.82, 2.24) is 5.32 Å². The Morgan fingerprint density at radius 3 is 2.17 bits per heavy atom. The summed E-state index contributed by atoms with van der Waals surface area (Å²) >= 11 is 0. The molecular formula is C18H19NO5. The van der Waals surface area contributed by atoms with Gasteiger partial charge in [-0.05, 0) is 11.1 Å². The largest absolute Gasteiger partial charge is 0.480 e. The van der Waals surface area contributed by atoms with E-state index in [1.165, 1.54) is 7.11 Å². The van der Waals surface area contributed by atoms with E-state index in [-0.39, 0.29) is 6.61 Å². The van der Waals surface area contributed by atoms with Gasteiger partial charge in [-0.25, -0.2) is 9.59 Å². The Kier molecular flexibility index (Phi) is 6.33. The first-order valence-corrected chi connectivity index (χ1v) is 7.39. The Morgan fingerprint density at radius 1 is 1.04 bits per heavy atom. The predicted molar refractivity (Wildman–Crippen MR) is 87.4 cm³/mol. The van der Waals surface area contributed by atoms with Crippen LogP contribution in [0.25, 0.3) is 0 Å². The van der Waals surface area contributed by atoms with Gasteiger partial charge in [-0.1, -0.05) is 60.7 Å². The SMILES string of the molecule is COC(c1ccccc1)[C@H](NC(=O)OCc1ccccc1)C(=O)O. The summed E-state index contributed by atoms with van der Waals surface area (Å²) in [6, 6.07) is 16.7. The number of carboxylic acid groups (broad SMARTS) is 1. The van der Waals surface area contributed by atoms with Crippen LogP contribution in [0.3, 0.4) is 0 Å². The molecule has 2 N–H and O–H groups in total. The van der Waals surface area contributed by atoms with Gasteiger partial charge in [0.1, 0.15) is 12.7 Å². The molecule has 0 aromatic heterocycles. The second-order valence-corrected chi connectivity index (χ2v) is 5.09. The fourth-order valence-electron chi connectivity index (χ4n) is 2.27. The van der Waals surface area contributed by atoms with Crippen LogP contribution in [0.1, 0.15) is 17.2 Å². The molecule has 0 radical (unpaired) electrons. The number of amides is 1. The van der Waals surface area contributed by atoms with Gasteiger partial charge in [0.2, 0.25) is 0 Å². The van der Waals surface area contributed by atoms with E-state index in [4.69, 9.17) is 9.47 Å². The van der Waals surface area contributed by atoms with E-state index in [0.29, 0.717) is 5.56 Å². The number of nitrogens with one attached hydrogen (secondary N) is 1. The van der Waals surface area contributed by atoms with Crippen molar-refractivity contribution in [3.8, 4) is 0 Å². The molecule has 0 saturated carbocycles. The Morgan fingerprint density at radius 2 is 1.62 bits per heavy atom. The number of aliphatic carboxylic acids is 1. The predicted octanol–water partition coefficient (Wildman–Crippen LogP) is 2.75. The maximum Gasteiger partial charge on any atom is 0.408 e. The van der Waals surface area contributed by atoms with Crippen molar-refractivity contribution in [3.63, 3.8) is 0 Å². The van der Waals surface area contributed by atoms with Crippen LogP contribution >= 0.6 is 0 Å². The monoisotopic (exact) mass is 329 g/mol. The van der Waals surface area contributed by atoms with E-state index in [1.54, 1.807) is 24.3 Å². The molecule has 126 valence electrons. The highest BCUT2D eigenvalue weighted by atomic mass is 16.5. The molecule has 1 unspecified atom stereocenters. The Hall–Kier alpha value is -2.86. The normalized spacial score (nSPS) is 12.9. The third-order valence-electron chi connectivity index (χ3n) is 3.44. The first-order valence-electron chi connectivity index (χ1n) is 7.39. The first kappa shape index (κ1) is 17.5. The van der Waals surface area contributed by atoms with Crippen LogP contribution < -0.4 is 5.32 Å². The van der Waals surface area contributed by atoms with E-state index in [2.05, 4.69) is 5.32 Å².